The van der Waals surface area contributed by atoms with Gasteiger partial charge >= 0.3 is 5.97 Å². The molecule has 2 aliphatic heterocycles. The first kappa shape index (κ1) is 19.6. The fourth-order valence-electron chi connectivity index (χ4n) is 4.13. The Kier molecular flexibility index (Phi) is 6.67. The normalized spacial score (nSPS) is 20.9. The summed E-state index contributed by atoms with van der Waals surface area (Å²) in [6.07, 6.45) is 2.01. The van der Waals surface area contributed by atoms with Crippen LogP contribution in [0.2, 0.25) is 0 Å². The lowest BCUT2D eigenvalue weighted by Crippen LogP contribution is -2.55. The van der Waals surface area contributed by atoms with Gasteiger partial charge in [0.1, 0.15) is 6.04 Å². The molecule has 0 spiro atoms. The highest BCUT2D eigenvalue weighted by Crippen LogP contribution is 2.22. The number of carbonyl (C=O) groups is 1. The minimum atomic E-state index is -0.538. The molecule has 7 nitrogen and oxygen atoms in total. The third kappa shape index (κ3) is 4.59. The highest BCUT2D eigenvalue weighted by molar-refractivity contribution is 5.75. The van der Waals surface area contributed by atoms with Gasteiger partial charge in [0, 0.05) is 51.0 Å². The Balaban J connectivity index is 1.48. The summed E-state index contributed by atoms with van der Waals surface area (Å²) in [6, 6.07) is 9.94. The van der Waals surface area contributed by atoms with Crippen molar-refractivity contribution in [3.05, 3.63) is 29.8 Å². The third-order valence-corrected chi connectivity index (χ3v) is 5.78. The molecule has 3 rings (SSSR count). The van der Waals surface area contributed by atoms with Gasteiger partial charge in [0.15, 0.2) is 0 Å². The van der Waals surface area contributed by atoms with Crippen LogP contribution in [0.5, 0.6) is 0 Å². The number of rotatable bonds is 5. The van der Waals surface area contributed by atoms with E-state index in [0.717, 1.165) is 52.1 Å². The summed E-state index contributed by atoms with van der Waals surface area (Å²) in [5.41, 5.74) is 1.87. The van der Waals surface area contributed by atoms with Crippen LogP contribution < -0.4 is 4.90 Å². The molecule has 1 N–H and O–H groups in total. The van der Waals surface area contributed by atoms with Crippen molar-refractivity contribution in [2.24, 2.45) is 0 Å². The molecule has 0 saturated carbocycles. The molecule has 7 heteroatoms. The number of aliphatic hydroxyl groups excluding tert-OH is 1. The van der Waals surface area contributed by atoms with Gasteiger partial charge in [-0.15, -0.1) is 0 Å². The maximum atomic E-state index is 11.8. The monoisotopic (exact) mass is 372 g/mol. The maximum Gasteiger partial charge on any atom is 0.325 e. The van der Waals surface area contributed by atoms with Crippen LogP contribution in [0, 0.1) is 11.3 Å². The van der Waals surface area contributed by atoms with Crippen molar-refractivity contribution >= 4 is 11.7 Å². The molecule has 2 heterocycles. The quantitative estimate of drug-likeness (QED) is 0.761. The van der Waals surface area contributed by atoms with Gasteiger partial charge < -0.3 is 14.7 Å². The zero-order valence-corrected chi connectivity index (χ0v) is 15.9. The molecule has 1 unspecified atom stereocenters. The molecule has 0 amide bonds. The van der Waals surface area contributed by atoms with Gasteiger partial charge in [-0.3, -0.25) is 14.6 Å². The van der Waals surface area contributed by atoms with E-state index in [1.54, 1.807) is 0 Å². The second-order valence-corrected chi connectivity index (χ2v) is 7.17. The van der Waals surface area contributed by atoms with Gasteiger partial charge in [0.25, 0.3) is 0 Å². The number of benzene rings is 1. The first-order chi connectivity index (χ1) is 13.2. The SMILES string of the molecule is COC(=O)C(CO)N1CCC(N2CCN(c3ccc(C#N)cc3)CC2)CC1. The summed E-state index contributed by atoms with van der Waals surface area (Å²) in [6.45, 7) is 5.42. The first-order valence-electron chi connectivity index (χ1n) is 9.58. The number of piperazine rings is 1. The molecule has 1 aromatic carbocycles. The van der Waals surface area contributed by atoms with E-state index < -0.39 is 6.04 Å². The summed E-state index contributed by atoms with van der Waals surface area (Å²) < 4.78 is 4.79. The minimum Gasteiger partial charge on any atom is -0.468 e. The van der Waals surface area contributed by atoms with Crippen LogP contribution >= 0.6 is 0 Å². The number of esters is 1. The van der Waals surface area contributed by atoms with Crippen molar-refractivity contribution in [1.29, 1.82) is 5.26 Å². The number of methoxy groups -OCH3 is 1. The number of nitrogens with zero attached hydrogens (tertiary/aromatic N) is 4. The van der Waals surface area contributed by atoms with E-state index in [2.05, 4.69) is 15.9 Å². The summed E-state index contributed by atoms with van der Waals surface area (Å²) in [4.78, 5) is 18.7. The fourth-order valence-corrected chi connectivity index (χ4v) is 4.13. The van der Waals surface area contributed by atoms with E-state index >= 15 is 0 Å². The summed E-state index contributed by atoms with van der Waals surface area (Å²) in [5, 5.41) is 18.4. The Bertz CT molecular complexity index is 657. The molecule has 0 aromatic heterocycles. The van der Waals surface area contributed by atoms with Gasteiger partial charge in [0.2, 0.25) is 0 Å². The van der Waals surface area contributed by atoms with E-state index in [1.807, 2.05) is 29.2 Å². The number of nitriles is 1. The number of carbonyl (C=O) groups excluding carboxylic acids is 1. The average Bonchev–Trinajstić information content (AvgIpc) is 2.75. The van der Waals surface area contributed by atoms with Gasteiger partial charge in [-0.25, -0.2) is 0 Å². The molecule has 0 radical (unpaired) electrons. The smallest absolute Gasteiger partial charge is 0.325 e. The number of likely N-dealkylation sites (tertiary alicyclic amines) is 1. The predicted octanol–water partition coefficient (Wildman–Crippen LogP) is 0.679. The minimum absolute atomic E-state index is 0.194. The van der Waals surface area contributed by atoms with Crippen LogP contribution in [-0.2, 0) is 9.53 Å². The number of ether oxygens (including phenoxy) is 1. The number of hydrogen-bond acceptors (Lipinski definition) is 7. The Hall–Kier alpha value is -2.14. The predicted molar refractivity (Wildman–Crippen MR) is 102 cm³/mol. The number of anilines is 1. The van der Waals surface area contributed by atoms with Crippen LogP contribution in [0.4, 0.5) is 5.69 Å². The van der Waals surface area contributed by atoms with Gasteiger partial charge in [-0.1, -0.05) is 0 Å². The third-order valence-electron chi connectivity index (χ3n) is 5.78. The number of hydrogen-bond donors (Lipinski definition) is 1. The highest BCUT2D eigenvalue weighted by atomic mass is 16.5. The molecule has 146 valence electrons. The lowest BCUT2D eigenvalue weighted by atomic mass is 10.0. The first-order valence-corrected chi connectivity index (χ1v) is 9.58. The van der Waals surface area contributed by atoms with Crippen molar-refractivity contribution in [1.82, 2.24) is 9.80 Å². The molecule has 2 aliphatic rings. The van der Waals surface area contributed by atoms with Gasteiger partial charge in [0.05, 0.1) is 25.3 Å². The van der Waals surface area contributed by atoms with Crippen LogP contribution in [0.3, 0.4) is 0 Å². The standard InChI is InChI=1S/C20H28N4O3/c1-27-20(26)19(15-25)24-8-6-18(7-9-24)23-12-10-22(11-13-23)17-4-2-16(14-21)3-5-17/h2-5,18-19,25H,6-13,15H2,1H3. The molecule has 0 bridgehead atoms. The van der Waals surface area contributed by atoms with Crippen molar-refractivity contribution in [3.63, 3.8) is 0 Å². The van der Waals surface area contributed by atoms with Crippen LogP contribution in [0.1, 0.15) is 18.4 Å². The van der Waals surface area contributed by atoms with Crippen LogP contribution in [0.25, 0.3) is 0 Å². The Morgan fingerprint density at radius 3 is 2.33 bits per heavy atom. The summed E-state index contributed by atoms with van der Waals surface area (Å²) in [5.74, 6) is -0.355. The number of piperidine rings is 1. The topological polar surface area (TPSA) is 80.0 Å². The molecule has 1 atom stereocenters. The Morgan fingerprint density at radius 1 is 1.19 bits per heavy atom. The zero-order valence-electron chi connectivity index (χ0n) is 15.9. The molecular formula is C20H28N4O3. The van der Waals surface area contributed by atoms with E-state index in [1.165, 1.54) is 12.8 Å². The van der Waals surface area contributed by atoms with Crippen LogP contribution in [-0.4, -0.2) is 85.9 Å². The average molecular weight is 372 g/mol. The highest BCUT2D eigenvalue weighted by Gasteiger charge is 2.32. The maximum absolute atomic E-state index is 11.8. The second-order valence-electron chi connectivity index (χ2n) is 7.17. The van der Waals surface area contributed by atoms with Crippen molar-refractivity contribution in [3.8, 4) is 6.07 Å². The van der Waals surface area contributed by atoms with E-state index in [9.17, 15) is 9.90 Å². The lowest BCUT2D eigenvalue weighted by Gasteiger charge is -2.44. The van der Waals surface area contributed by atoms with Crippen LogP contribution in [0.15, 0.2) is 24.3 Å². The number of aliphatic hydroxyl groups is 1. The second kappa shape index (κ2) is 9.18. The Labute approximate surface area is 160 Å². The molecule has 0 aliphatic carbocycles. The zero-order chi connectivity index (χ0) is 19.2. The van der Waals surface area contributed by atoms with Crippen molar-refractivity contribution in [2.75, 3.05) is 57.9 Å². The van der Waals surface area contributed by atoms with E-state index in [4.69, 9.17) is 10.00 Å². The molecule has 1 aromatic rings. The molecule has 2 saturated heterocycles. The van der Waals surface area contributed by atoms with Crippen molar-refractivity contribution < 1.29 is 14.6 Å². The lowest BCUT2D eigenvalue weighted by molar-refractivity contribution is -0.149. The van der Waals surface area contributed by atoms with Gasteiger partial charge in [-0.2, -0.15) is 5.26 Å². The fraction of sp³-hybridized carbons (Fsp3) is 0.600. The Morgan fingerprint density at radius 2 is 1.81 bits per heavy atom. The van der Waals surface area contributed by atoms with E-state index in [-0.39, 0.29) is 12.6 Å². The summed E-state index contributed by atoms with van der Waals surface area (Å²) in [7, 11) is 1.37. The molecular weight excluding hydrogens is 344 g/mol. The summed E-state index contributed by atoms with van der Waals surface area (Å²) >= 11 is 0. The molecule has 2 fully saturated rings. The van der Waals surface area contributed by atoms with Crippen molar-refractivity contribution in [2.45, 2.75) is 24.9 Å². The molecule has 27 heavy (non-hydrogen) atoms. The van der Waals surface area contributed by atoms with E-state index in [0.29, 0.717) is 11.6 Å². The largest absolute Gasteiger partial charge is 0.468 e. The van der Waals surface area contributed by atoms with Gasteiger partial charge in [-0.05, 0) is 37.1 Å².